The van der Waals surface area contributed by atoms with E-state index in [0.717, 1.165) is 11.6 Å². The first-order valence-electron chi connectivity index (χ1n) is 6.27. The summed E-state index contributed by atoms with van der Waals surface area (Å²) in [5.41, 5.74) is 0. The minimum absolute atomic E-state index is 0.750. The van der Waals surface area contributed by atoms with Gasteiger partial charge in [-0.1, -0.05) is 39.0 Å². The average molecular weight is 217 g/mol. The maximum Gasteiger partial charge on any atom is 0.0780 e. The number of rotatable bonds is 8. The van der Waals surface area contributed by atoms with Crippen LogP contribution in [0.15, 0.2) is 0 Å². The minimum Gasteiger partial charge on any atom is -0.857 e. The summed E-state index contributed by atoms with van der Waals surface area (Å²) in [6.45, 7) is 3.60. The summed E-state index contributed by atoms with van der Waals surface area (Å²) in [4.78, 5) is 0. The van der Waals surface area contributed by atoms with Gasteiger partial charge in [-0.05, 0) is 12.8 Å². The van der Waals surface area contributed by atoms with Crippen LogP contribution in [0.4, 0.5) is 0 Å². The van der Waals surface area contributed by atoms with E-state index in [1.165, 1.54) is 51.5 Å². The van der Waals surface area contributed by atoms with Crippen LogP contribution in [-0.2, 0) is 0 Å². The quantitative estimate of drug-likeness (QED) is 0.452. The third kappa shape index (κ3) is 20.1. The summed E-state index contributed by atoms with van der Waals surface area (Å²) in [5.74, 6) is 0. The molecule has 0 heterocycles. The summed E-state index contributed by atoms with van der Waals surface area (Å²) in [7, 11) is 7.57. The summed E-state index contributed by atoms with van der Waals surface area (Å²) in [6.07, 6.45) is 9.95. The zero-order valence-corrected chi connectivity index (χ0v) is 11.5. The molecule has 0 N–H and O–H groups in total. The van der Waals surface area contributed by atoms with Gasteiger partial charge in [0.15, 0.2) is 0 Å². The summed E-state index contributed by atoms with van der Waals surface area (Å²) < 4.78 is 1.12. The fourth-order valence-corrected chi connectivity index (χ4v) is 1.54. The van der Waals surface area contributed by atoms with E-state index >= 15 is 0 Å². The van der Waals surface area contributed by atoms with Crippen LogP contribution in [0.2, 0.25) is 0 Å². The van der Waals surface area contributed by atoms with Crippen molar-refractivity contribution in [3.8, 4) is 0 Å². The number of hydrogen-bond donors (Lipinski definition) is 0. The molecule has 0 aliphatic carbocycles. The van der Waals surface area contributed by atoms with Crippen molar-refractivity contribution in [2.24, 2.45) is 0 Å². The number of hydrogen-bond acceptors (Lipinski definition) is 1. The van der Waals surface area contributed by atoms with Gasteiger partial charge in [-0.25, -0.2) is 0 Å². The van der Waals surface area contributed by atoms with Crippen LogP contribution in [0, 0.1) is 0 Å². The Hall–Kier alpha value is -0.0800. The Morgan fingerprint density at radius 1 is 0.733 bits per heavy atom. The van der Waals surface area contributed by atoms with Crippen molar-refractivity contribution in [3.05, 3.63) is 0 Å². The predicted molar refractivity (Wildman–Crippen MR) is 66.8 cm³/mol. The summed E-state index contributed by atoms with van der Waals surface area (Å²) in [5, 5.41) is 8.25. The maximum atomic E-state index is 8.25. The second-order valence-corrected chi connectivity index (χ2v) is 5.14. The lowest BCUT2D eigenvalue weighted by molar-refractivity contribution is -0.870. The topological polar surface area (TPSA) is 23.1 Å². The monoisotopic (exact) mass is 217 g/mol. The molecule has 0 aromatic carbocycles. The predicted octanol–water partition coefficient (Wildman–Crippen LogP) is 2.42. The first-order chi connectivity index (χ1) is 7.06. The lowest BCUT2D eigenvalue weighted by Gasteiger charge is -2.23. The molecule has 0 aromatic rings. The highest BCUT2D eigenvalue weighted by Gasteiger charge is 2.04. The normalized spacial score (nSPS) is 10.8. The van der Waals surface area contributed by atoms with E-state index in [1.54, 1.807) is 0 Å². The number of unbranched alkanes of at least 4 members (excludes halogenated alkanes) is 6. The van der Waals surface area contributed by atoms with Crippen molar-refractivity contribution >= 4 is 0 Å². The smallest absolute Gasteiger partial charge is 0.0780 e. The Kier molecular flexibility index (Phi) is 13.8. The van der Waals surface area contributed by atoms with Gasteiger partial charge in [-0.15, -0.1) is 0 Å². The molecule has 0 rings (SSSR count). The van der Waals surface area contributed by atoms with Crippen molar-refractivity contribution in [2.75, 3.05) is 34.8 Å². The third-order valence-corrected chi connectivity index (χ3v) is 2.43. The van der Waals surface area contributed by atoms with Crippen LogP contribution < -0.4 is 5.11 Å². The van der Waals surface area contributed by atoms with Crippen LogP contribution in [0.25, 0.3) is 0 Å². The first-order valence-corrected chi connectivity index (χ1v) is 6.27. The Morgan fingerprint density at radius 3 is 1.53 bits per heavy atom. The minimum atomic E-state index is 0.750. The molecule has 0 aromatic heterocycles. The van der Waals surface area contributed by atoms with Gasteiger partial charge < -0.3 is 9.59 Å². The molecule has 2 nitrogen and oxygen atoms in total. The van der Waals surface area contributed by atoms with E-state index in [2.05, 4.69) is 28.1 Å². The highest BCUT2D eigenvalue weighted by molar-refractivity contribution is 4.44. The molecular formula is C13H31NO. The molecule has 94 valence electrons. The lowest BCUT2D eigenvalue weighted by Crippen LogP contribution is -2.35. The molecule has 0 amide bonds. The van der Waals surface area contributed by atoms with E-state index in [1.807, 2.05) is 0 Å². The van der Waals surface area contributed by atoms with Crippen molar-refractivity contribution < 1.29 is 9.59 Å². The van der Waals surface area contributed by atoms with Crippen LogP contribution in [0.3, 0.4) is 0 Å². The molecule has 15 heavy (non-hydrogen) atoms. The maximum absolute atomic E-state index is 8.25. The molecule has 0 bridgehead atoms. The largest absolute Gasteiger partial charge is 0.857 e. The lowest BCUT2D eigenvalue weighted by atomic mass is 10.1. The van der Waals surface area contributed by atoms with Crippen LogP contribution in [0.1, 0.15) is 51.9 Å². The molecule has 0 aliphatic rings. The van der Waals surface area contributed by atoms with Crippen molar-refractivity contribution in [1.82, 2.24) is 0 Å². The van der Waals surface area contributed by atoms with Gasteiger partial charge >= 0.3 is 0 Å². The van der Waals surface area contributed by atoms with Crippen molar-refractivity contribution in [1.29, 1.82) is 0 Å². The standard InChI is InChI=1S/C12H28N.CH3O/c1-5-6-7-8-9-10-11-12-13(2,3)4;1-2/h5-12H2,1-4H3;1H3/q+1;-1. The van der Waals surface area contributed by atoms with E-state index < -0.39 is 0 Å². The molecule has 2 heteroatoms. The van der Waals surface area contributed by atoms with Gasteiger partial charge in [0.2, 0.25) is 0 Å². The molecule has 0 unspecified atom stereocenters. The van der Waals surface area contributed by atoms with Gasteiger partial charge in [0.05, 0.1) is 27.7 Å². The van der Waals surface area contributed by atoms with Gasteiger partial charge in [0.25, 0.3) is 0 Å². The SMILES string of the molecule is CCCCCCCCC[N+](C)(C)C.C[O-]. The van der Waals surface area contributed by atoms with Crippen LogP contribution in [0.5, 0.6) is 0 Å². The van der Waals surface area contributed by atoms with Gasteiger partial charge in [0.1, 0.15) is 0 Å². The molecule has 0 aliphatic heterocycles. The fraction of sp³-hybridized carbons (Fsp3) is 1.00. The fourth-order valence-electron chi connectivity index (χ4n) is 1.54. The van der Waals surface area contributed by atoms with Crippen molar-refractivity contribution in [3.63, 3.8) is 0 Å². The Balaban J connectivity index is 0. The van der Waals surface area contributed by atoms with Gasteiger partial charge in [-0.3, -0.25) is 0 Å². The van der Waals surface area contributed by atoms with E-state index in [-0.39, 0.29) is 0 Å². The Labute approximate surface area is 96.9 Å². The molecule has 0 saturated carbocycles. The number of quaternary nitrogens is 1. The zero-order chi connectivity index (χ0) is 12.2. The van der Waals surface area contributed by atoms with Gasteiger partial charge in [0, 0.05) is 0 Å². The van der Waals surface area contributed by atoms with E-state index in [4.69, 9.17) is 5.11 Å². The molecule has 0 radical (unpaired) electrons. The second-order valence-electron chi connectivity index (χ2n) is 5.14. The molecule has 0 saturated heterocycles. The first kappa shape index (κ1) is 17.3. The van der Waals surface area contributed by atoms with E-state index in [9.17, 15) is 0 Å². The van der Waals surface area contributed by atoms with Gasteiger partial charge in [-0.2, -0.15) is 7.11 Å². The Bertz CT molecular complexity index is 108. The van der Waals surface area contributed by atoms with E-state index in [0.29, 0.717) is 0 Å². The Morgan fingerprint density at radius 2 is 1.13 bits per heavy atom. The second kappa shape index (κ2) is 12.0. The zero-order valence-electron chi connectivity index (χ0n) is 11.5. The summed E-state index contributed by atoms with van der Waals surface area (Å²) in [6, 6.07) is 0. The molecular weight excluding hydrogens is 186 g/mol. The number of nitrogens with zero attached hydrogens (tertiary/aromatic N) is 1. The van der Waals surface area contributed by atoms with Crippen LogP contribution >= 0.6 is 0 Å². The molecule has 0 spiro atoms. The highest BCUT2D eigenvalue weighted by Crippen LogP contribution is 2.07. The summed E-state index contributed by atoms with van der Waals surface area (Å²) >= 11 is 0. The van der Waals surface area contributed by atoms with Crippen LogP contribution in [-0.4, -0.2) is 39.3 Å². The average Bonchev–Trinajstić information content (AvgIpc) is 2.18. The highest BCUT2D eigenvalue weighted by atomic mass is 16.2. The van der Waals surface area contributed by atoms with Crippen molar-refractivity contribution in [2.45, 2.75) is 51.9 Å². The molecule has 0 fully saturated rings. The molecule has 0 atom stereocenters. The third-order valence-electron chi connectivity index (χ3n) is 2.43.